The normalized spacial score (nSPS) is 15.2. The SMILES string of the molecule is C/C=C/c1ccc(OCCn2c(CCCN3CCCCCC3)nc3ccccc32)c(OC)c1. The molecule has 176 valence electrons. The van der Waals surface area contributed by atoms with E-state index in [0.717, 1.165) is 54.3 Å². The number of para-hydroxylation sites is 2. The molecular formula is C28H37N3O2. The Bertz CT molecular complexity index is 1050. The molecule has 2 aromatic carbocycles. The number of ether oxygens (including phenoxy) is 2. The highest BCUT2D eigenvalue weighted by atomic mass is 16.5. The van der Waals surface area contributed by atoms with E-state index < -0.39 is 0 Å². The highest BCUT2D eigenvalue weighted by molar-refractivity contribution is 5.75. The molecule has 0 radical (unpaired) electrons. The fraction of sp³-hybridized carbons (Fsp3) is 0.464. The molecule has 4 rings (SSSR count). The Kier molecular flexibility index (Phi) is 8.42. The van der Waals surface area contributed by atoms with E-state index in [2.05, 4.69) is 45.9 Å². The molecule has 1 saturated heterocycles. The van der Waals surface area contributed by atoms with Crippen LogP contribution in [0.1, 0.15) is 50.4 Å². The van der Waals surface area contributed by atoms with Crippen LogP contribution in [-0.2, 0) is 13.0 Å². The van der Waals surface area contributed by atoms with Gasteiger partial charge in [0.2, 0.25) is 0 Å². The van der Waals surface area contributed by atoms with Crippen molar-refractivity contribution < 1.29 is 9.47 Å². The molecule has 0 unspecified atom stereocenters. The second kappa shape index (κ2) is 11.9. The fourth-order valence-electron chi connectivity index (χ4n) is 4.73. The average molecular weight is 448 g/mol. The third-order valence-electron chi connectivity index (χ3n) is 6.43. The molecule has 0 amide bonds. The molecule has 33 heavy (non-hydrogen) atoms. The summed E-state index contributed by atoms with van der Waals surface area (Å²) in [5, 5.41) is 0. The summed E-state index contributed by atoms with van der Waals surface area (Å²) in [6.07, 6.45) is 11.7. The third-order valence-corrected chi connectivity index (χ3v) is 6.43. The van der Waals surface area contributed by atoms with Crippen molar-refractivity contribution in [3.8, 4) is 11.5 Å². The zero-order chi connectivity index (χ0) is 22.9. The molecule has 2 heterocycles. The third kappa shape index (κ3) is 6.17. The molecule has 0 N–H and O–H groups in total. The van der Waals surface area contributed by atoms with Crippen LogP contribution in [0, 0.1) is 0 Å². The Hall–Kier alpha value is -2.79. The van der Waals surface area contributed by atoms with Crippen LogP contribution < -0.4 is 9.47 Å². The highest BCUT2D eigenvalue weighted by Gasteiger charge is 2.13. The second-order valence-electron chi connectivity index (χ2n) is 8.79. The van der Waals surface area contributed by atoms with Crippen molar-refractivity contribution in [1.82, 2.24) is 14.5 Å². The quantitative estimate of drug-likeness (QED) is 0.384. The lowest BCUT2D eigenvalue weighted by atomic mass is 10.2. The summed E-state index contributed by atoms with van der Waals surface area (Å²) in [6.45, 7) is 7.00. The number of imidazole rings is 1. The number of benzene rings is 2. The lowest BCUT2D eigenvalue weighted by molar-refractivity contribution is 0.274. The van der Waals surface area contributed by atoms with E-state index in [1.165, 1.54) is 44.3 Å². The fourth-order valence-corrected chi connectivity index (χ4v) is 4.73. The molecule has 0 atom stereocenters. The van der Waals surface area contributed by atoms with Gasteiger partial charge >= 0.3 is 0 Å². The van der Waals surface area contributed by atoms with Crippen molar-refractivity contribution in [2.45, 2.75) is 52.0 Å². The monoisotopic (exact) mass is 447 g/mol. The first kappa shape index (κ1) is 23.4. The number of methoxy groups -OCH3 is 1. The van der Waals surface area contributed by atoms with E-state index in [4.69, 9.17) is 14.5 Å². The van der Waals surface area contributed by atoms with E-state index in [9.17, 15) is 0 Å². The molecule has 5 heteroatoms. The minimum absolute atomic E-state index is 0.568. The van der Waals surface area contributed by atoms with Gasteiger partial charge in [0.1, 0.15) is 12.4 Å². The molecule has 0 saturated carbocycles. The molecule has 1 aromatic heterocycles. The van der Waals surface area contributed by atoms with Crippen LogP contribution >= 0.6 is 0 Å². The summed E-state index contributed by atoms with van der Waals surface area (Å²) in [5.41, 5.74) is 3.35. The van der Waals surface area contributed by atoms with Crippen molar-refractivity contribution >= 4 is 17.1 Å². The predicted octanol–water partition coefficient (Wildman–Crippen LogP) is 5.97. The van der Waals surface area contributed by atoms with Crippen LogP contribution in [0.5, 0.6) is 11.5 Å². The maximum atomic E-state index is 6.15. The summed E-state index contributed by atoms with van der Waals surface area (Å²) in [6, 6.07) is 14.5. The molecule has 1 aliphatic rings. The second-order valence-corrected chi connectivity index (χ2v) is 8.79. The molecule has 1 fully saturated rings. The minimum Gasteiger partial charge on any atom is -0.493 e. The lowest BCUT2D eigenvalue weighted by Gasteiger charge is -2.19. The number of likely N-dealkylation sites (tertiary alicyclic amines) is 1. The maximum absolute atomic E-state index is 6.15. The Labute approximate surface area is 198 Å². The Morgan fingerprint density at radius 2 is 1.79 bits per heavy atom. The number of nitrogens with zero attached hydrogens (tertiary/aromatic N) is 3. The van der Waals surface area contributed by atoms with Gasteiger partial charge in [-0.05, 0) is 75.6 Å². The van der Waals surface area contributed by atoms with Crippen LogP contribution in [0.15, 0.2) is 48.5 Å². The summed E-state index contributed by atoms with van der Waals surface area (Å²) in [7, 11) is 1.69. The lowest BCUT2D eigenvalue weighted by Crippen LogP contribution is -2.26. The molecule has 1 aliphatic heterocycles. The van der Waals surface area contributed by atoms with Gasteiger partial charge in [-0.1, -0.05) is 43.2 Å². The highest BCUT2D eigenvalue weighted by Crippen LogP contribution is 2.29. The predicted molar refractivity (Wildman–Crippen MR) is 136 cm³/mol. The number of hydrogen-bond acceptors (Lipinski definition) is 4. The van der Waals surface area contributed by atoms with Gasteiger partial charge in [0.25, 0.3) is 0 Å². The molecule has 3 aromatic rings. The van der Waals surface area contributed by atoms with Crippen molar-refractivity contribution in [1.29, 1.82) is 0 Å². The maximum Gasteiger partial charge on any atom is 0.161 e. The Balaban J connectivity index is 1.41. The first-order valence-electron chi connectivity index (χ1n) is 12.4. The molecule has 0 bridgehead atoms. The van der Waals surface area contributed by atoms with Gasteiger partial charge in [0.15, 0.2) is 11.5 Å². The molecule has 5 nitrogen and oxygen atoms in total. The summed E-state index contributed by atoms with van der Waals surface area (Å²) < 4.78 is 14.0. The largest absolute Gasteiger partial charge is 0.493 e. The Morgan fingerprint density at radius 1 is 0.970 bits per heavy atom. The number of aryl methyl sites for hydroxylation is 1. The number of hydrogen-bond donors (Lipinski definition) is 0. The van der Waals surface area contributed by atoms with Gasteiger partial charge < -0.3 is 18.9 Å². The average Bonchev–Trinajstić information content (AvgIpc) is 2.99. The van der Waals surface area contributed by atoms with Crippen LogP contribution in [0.25, 0.3) is 17.1 Å². The minimum atomic E-state index is 0.568. The summed E-state index contributed by atoms with van der Waals surface area (Å²) in [5.74, 6) is 2.70. The van der Waals surface area contributed by atoms with Gasteiger partial charge in [0, 0.05) is 6.42 Å². The molecular weight excluding hydrogens is 410 g/mol. The van der Waals surface area contributed by atoms with Gasteiger partial charge in [-0.2, -0.15) is 0 Å². The van der Waals surface area contributed by atoms with E-state index in [-0.39, 0.29) is 0 Å². The zero-order valence-corrected chi connectivity index (χ0v) is 20.1. The van der Waals surface area contributed by atoms with Crippen molar-refractivity contribution in [2.24, 2.45) is 0 Å². The van der Waals surface area contributed by atoms with E-state index in [0.29, 0.717) is 6.61 Å². The summed E-state index contributed by atoms with van der Waals surface area (Å²) >= 11 is 0. The summed E-state index contributed by atoms with van der Waals surface area (Å²) in [4.78, 5) is 7.59. The van der Waals surface area contributed by atoms with Gasteiger partial charge in [-0.15, -0.1) is 0 Å². The van der Waals surface area contributed by atoms with Gasteiger partial charge in [-0.3, -0.25) is 0 Å². The Morgan fingerprint density at radius 3 is 2.58 bits per heavy atom. The number of aromatic nitrogens is 2. The first-order chi connectivity index (χ1) is 16.3. The molecule has 0 spiro atoms. The van der Waals surface area contributed by atoms with Crippen LogP contribution in [0.3, 0.4) is 0 Å². The van der Waals surface area contributed by atoms with Crippen molar-refractivity contribution in [3.05, 3.63) is 59.9 Å². The van der Waals surface area contributed by atoms with E-state index in [1.54, 1.807) is 7.11 Å². The van der Waals surface area contributed by atoms with E-state index >= 15 is 0 Å². The number of fused-ring (bicyclic) bond motifs is 1. The molecule has 0 aliphatic carbocycles. The number of allylic oxidation sites excluding steroid dienone is 1. The van der Waals surface area contributed by atoms with E-state index in [1.807, 2.05) is 25.1 Å². The topological polar surface area (TPSA) is 39.5 Å². The van der Waals surface area contributed by atoms with Crippen LogP contribution in [-0.4, -0.2) is 47.8 Å². The number of rotatable bonds is 10. The van der Waals surface area contributed by atoms with Gasteiger partial charge in [-0.25, -0.2) is 4.98 Å². The standard InChI is InChI=1S/C28H37N3O2/c1-3-11-23-15-16-26(27(22-23)32-2)33-21-20-31-25-13-7-6-12-24(25)29-28(31)14-10-19-30-17-8-4-5-9-18-30/h3,6-7,11-13,15-16,22H,4-5,8-10,14,17-21H2,1-2H3/b11-3+. The van der Waals surface area contributed by atoms with Crippen LogP contribution in [0.4, 0.5) is 0 Å². The first-order valence-corrected chi connectivity index (χ1v) is 12.4. The van der Waals surface area contributed by atoms with Crippen molar-refractivity contribution in [3.63, 3.8) is 0 Å². The van der Waals surface area contributed by atoms with Gasteiger partial charge in [0.05, 0.1) is 24.7 Å². The van der Waals surface area contributed by atoms with Crippen LogP contribution in [0.2, 0.25) is 0 Å². The zero-order valence-electron chi connectivity index (χ0n) is 20.1. The smallest absolute Gasteiger partial charge is 0.161 e. The van der Waals surface area contributed by atoms with Crippen molar-refractivity contribution in [2.75, 3.05) is 33.4 Å².